The molecule has 170 valence electrons. The number of hydrogen-bond acceptors (Lipinski definition) is 5. The zero-order valence-corrected chi connectivity index (χ0v) is 19.1. The Hall–Kier alpha value is -3.12. The lowest BCUT2D eigenvalue weighted by molar-refractivity contribution is -0.140. The van der Waals surface area contributed by atoms with Crippen LogP contribution < -0.4 is 4.74 Å². The van der Waals surface area contributed by atoms with E-state index in [-0.39, 0.29) is 24.5 Å². The summed E-state index contributed by atoms with van der Waals surface area (Å²) >= 11 is 0. The topological polar surface area (TPSA) is 76.1 Å². The van der Waals surface area contributed by atoms with Crippen LogP contribution in [0.5, 0.6) is 5.75 Å². The zero-order chi connectivity index (χ0) is 23.3. The highest BCUT2D eigenvalue weighted by Crippen LogP contribution is 2.39. The van der Waals surface area contributed by atoms with Gasteiger partial charge in [0.2, 0.25) is 0 Å². The van der Waals surface area contributed by atoms with Crippen molar-refractivity contribution in [3.05, 3.63) is 70.8 Å². The second-order valence-electron chi connectivity index (χ2n) is 8.31. The Morgan fingerprint density at radius 3 is 2.47 bits per heavy atom. The van der Waals surface area contributed by atoms with Crippen molar-refractivity contribution >= 4 is 17.4 Å². The number of nitrogens with zero attached hydrogens (tertiary/aromatic N) is 1. The number of hydrogen-bond donors (Lipinski definition) is 1. The molecule has 1 atom stereocenters. The molecule has 0 saturated carbocycles. The smallest absolute Gasteiger partial charge is 0.295 e. The van der Waals surface area contributed by atoms with E-state index in [1.807, 2.05) is 24.3 Å². The Morgan fingerprint density at radius 1 is 1.12 bits per heavy atom. The van der Waals surface area contributed by atoms with Crippen LogP contribution >= 0.6 is 0 Å². The van der Waals surface area contributed by atoms with E-state index in [1.165, 1.54) is 4.90 Å². The molecule has 0 aromatic heterocycles. The summed E-state index contributed by atoms with van der Waals surface area (Å²) in [6, 6.07) is 14.0. The van der Waals surface area contributed by atoms with E-state index < -0.39 is 17.7 Å². The van der Waals surface area contributed by atoms with E-state index in [4.69, 9.17) is 9.47 Å². The Morgan fingerprint density at radius 2 is 1.84 bits per heavy atom. The molecule has 0 aliphatic carbocycles. The summed E-state index contributed by atoms with van der Waals surface area (Å²) in [7, 11) is 1.55. The van der Waals surface area contributed by atoms with Gasteiger partial charge >= 0.3 is 0 Å². The molecule has 1 fully saturated rings. The molecule has 6 heteroatoms. The summed E-state index contributed by atoms with van der Waals surface area (Å²) < 4.78 is 10.9. The molecule has 1 heterocycles. The molecule has 1 aliphatic rings. The number of aliphatic hydroxyl groups excluding tert-OH is 1. The van der Waals surface area contributed by atoms with Gasteiger partial charge < -0.3 is 19.5 Å². The zero-order valence-electron chi connectivity index (χ0n) is 19.1. The Balaban J connectivity index is 2.07. The van der Waals surface area contributed by atoms with Gasteiger partial charge in [-0.25, -0.2) is 0 Å². The minimum atomic E-state index is -0.698. The predicted molar refractivity (Wildman–Crippen MR) is 123 cm³/mol. The summed E-state index contributed by atoms with van der Waals surface area (Å²) in [6.07, 6.45) is 0.882. The largest absolute Gasteiger partial charge is 0.507 e. The molecular formula is C26H31NO5. The van der Waals surface area contributed by atoms with E-state index in [0.717, 1.165) is 17.5 Å². The molecular weight excluding hydrogens is 406 g/mol. The van der Waals surface area contributed by atoms with Gasteiger partial charge in [0, 0.05) is 19.2 Å². The molecule has 1 unspecified atom stereocenters. The Kier molecular flexibility index (Phi) is 7.70. The number of aliphatic hydroxyl groups is 1. The number of benzene rings is 2. The summed E-state index contributed by atoms with van der Waals surface area (Å²) in [4.78, 5) is 27.3. The monoisotopic (exact) mass is 437 g/mol. The number of ether oxygens (including phenoxy) is 2. The van der Waals surface area contributed by atoms with Crippen molar-refractivity contribution in [2.75, 3.05) is 26.9 Å². The van der Waals surface area contributed by atoms with E-state index in [0.29, 0.717) is 23.8 Å². The van der Waals surface area contributed by atoms with Crippen molar-refractivity contribution in [1.82, 2.24) is 4.90 Å². The van der Waals surface area contributed by atoms with Gasteiger partial charge in [-0.2, -0.15) is 0 Å². The lowest BCUT2D eigenvalue weighted by atomic mass is 9.94. The van der Waals surface area contributed by atoms with Gasteiger partial charge in [0.05, 0.1) is 24.8 Å². The first-order chi connectivity index (χ1) is 15.4. The van der Waals surface area contributed by atoms with Crippen LogP contribution in [0.1, 0.15) is 43.5 Å². The average Bonchev–Trinajstić information content (AvgIpc) is 3.06. The Bertz CT molecular complexity index is 994. The fraction of sp³-hybridized carbons (Fsp3) is 0.385. The average molecular weight is 438 g/mol. The number of aryl methyl sites for hydroxylation is 1. The maximum absolute atomic E-state index is 13.0. The van der Waals surface area contributed by atoms with Gasteiger partial charge in [0.1, 0.15) is 11.5 Å². The first kappa shape index (κ1) is 23.5. The van der Waals surface area contributed by atoms with Crippen LogP contribution in [0.2, 0.25) is 0 Å². The van der Waals surface area contributed by atoms with Gasteiger partial charge in [0.15, 0.2) is 0 Å². The molecule has 0 radical (unpaired) electrons. The number of rotatable bonds is 9. The molecule has 1 aliphatic heterocycles. The molecule has 6 nitrogen and oxygen atoms in total. The molecule has 0 spiro atoms. The summed E-state index contributed by atoms with van der Waals surface area (Å²) in [5, 5.41) is 11.2. The highest BCUT2D eigenvalue weighted by molar-refractivity contribution is 6.46. The fourth-order valence-electron chi connectivity index (χ4n) is 3.73. The summed E-state index contributed by atoms with van der Waals surface area (Å²) in [5.74, 6) is -0.593. The van der Waals surface area contributed by atoms with Gasteiger partial charge in [-0.1, -0.05) is 57.2 Å². The van der Waals surface area contributed by atoms with Crippen LogP contribution in [-0.2, 0) is 20.7 Å². The lowest BCUT2D eigenvalue weighted by Crippen LogP contribution is -2.32. The third kappa shape index (κ3) is 5.02. The van der Waals surface area contributed by atoms with Crippen LogP contribution in [0.3, 0.4) is 0 Å². The molecule has 2 aromatic rings. The number of Topliss-reactive ketones (excluding diaryl/α,β-unsaturated/α-hetero) is 1. The normalized spacial score (nSPS) is 17.9. The van der Waals surface area contributed by atoms with Crippen molar-refractivity contribution in [3.8, 4) is 5.75 Å². The molecule has 0 bridgehead atoms. The highest BCUT2D eigenvalue weighted by atomic mass is 16.5. The third-order valence-corrected chi connectivity index (χ3v) is 5.47. The minimum Gasteiger partial charge on any atom is -0.507 e. The number of carbonyl (C=O) groups is 2. The van der Waals surface area contributed by atoms with Crippen molar-refractivity contribution in [2.45, 2.75) is 33.2 Å². The Labute approximate surface area is 189 Å². The number of likely N-dealkylation sites (tertiary alicyclic amines) is 1. The van der Waals surface area contributed by atoms with Crippen LogP contribution in [0.25, 0.3) is 5.76 Å². The number of ketones is 1. The second-order valence-corrected chi connectivity index (χ2v) is 8.31. The number of amides is 1. The maximum Gasteiger partial charge on any atom is 0.295 e. The van der Waals surface area contributed by atoms with Gasteiger partial charge in [-0.05, 0) is 35.6 Å². The molecule has 2 aromatic carbocycles. The maximum atomic E-state index is 13.0. The standard InChI is InChI=1S/C26H31NO5/c1-5-18-9-11-19(12-10-18)23-22(25(29)26(30)27(23)13-14-31-4)24(28)20-7-6-8-21(15-20)32-16-17(2)3/h6-12,15,17,23,28H,5,13-14,16H2,1-4H3/b24-22-. The second kappa shape index (κ2) is 10.5. The van der Waals surface area contributed by atoms with E-state index in [1.54, 1.807) is 31.4 Å². The molecule has 1 N–H and O–H groups in total. The number of carbonyl (C=O) groups excluding carboxylic acids is 2. The van der Waals surface area contributed by atoms with Crippen LogP contribution in [0.15, 0.2) is 54.1 Å². The van der Waals surface area contributed by atoms with Gasteiger partial charge in [-0.15, -0.1) is 0 Å². The van der Waals surface area contributed by atoms with Gasteiger partial charge in [-0.3, -0.25) is 9.59 Å². The number of methoxy groups -OCH3 is 1. The van der Waals surface area contributed by atoms with E-state index >= 15 is 0 Å². The fourth-order valence-corrected chi connectivity index (χ4v) is 3.73. The van der Waals surface area contributed by atoms with E-state index in [2.05, 4.69) is 20.8 Å². The first-order valence-corrected chi connectivity index (χ1v) is 11.0. The minimum absolute atomic E-state index is 0.0800. The van der Waals surface area contributed by atoms with Crippen molar-refractivity contribution in [3.63, 3.8) is 0 Å². The van der Waals surface area contributed by atoms with Crippen molar-refractivity contribution in [2.24, 2.45) is 5.92 Å². The van der Waals surface area contributed by atoms with Crippen LogP contribution in [0, 0.1) is 5.92 Å². The summed E-state index contributed by atoms with van der Waals surface area (Å²) in [5.41, 5.74) is 2.44. The third-order valence-electron chi connectivity index (χ3n) is 5.47. The molecule has 32 heavy (non-hydrogen) atoms. The molecule has 1 saturated heterocycles. The summed E-state index contributed by atoms with van der Waals surface area (Å²) in [6.45, 7) is 7.23. The van der Waals surface area contributed by atoms with Crippen molar-refractivity contribution < 1.29 is 24.2 Å². The molecule has 3 rings (SSSR count). The SMILES string of the molecule is CCc1ccc(C2/C(=C(/O)c3cccc(OCC(C)C)c3)C(=O)C(=O)N2CCOC)cc1. The quantitative estimate of drug-likeness (QED) is 0.359. The predicted octanol–water partition coefficient (Wildman–Crippen LogP) is 4.35. The lowest BCUT2D eigenvalue weighted by Gasteiger charge is -2.25. The van der Waals surface area contributed by atoms with Gasteiger partial charge in [0.25, 0.3) is 11.7 Å². The highest BCUT2D eigenvalue weighted by Gasteiger charge is 2.45. The van der Waals surface area contributed by atoms with Crippen LogP contribution in [0.4, 0.5) is 0 Å². The first-order valence-electron chi connectivity index (χ1n) is 11.0. The molecule has 1 amide bonds. The van der Waals surface area contributed by atoms with E-state index in [9.17, 15) is 14.7 Å². The van der Waals surface area contributed by atoms with Crippen molar-refractivity contribution in [1.29, 1.82) is 0 Å². The van der Waals surface area contributed by atoms with Crippen LogP contribution in [-0.4, -0.2) is 48.6 Å².